The largest absolute Gasteiger partial charge is 0.321 e. The highest BCUT2D eigenvalue weighted by Crippen LogP contribution is 2.36. The molecule has 0 fully saturated rings. The van der Waals surface area contributed by atoms with Crippen molar-refractivity contribution in [1.29, 1.82) is 0 Å². The molecule has 136 valence electrons. The van der Waals surface area contributed by atoms with E-state index in [4.69, 9.17) is 0 Å². The number of halogens is 2. The maximum absolute atomic E-state index is 13.3. The first-order chi connectivity index (χ1) is 13.0. The molecule has 4 rings (SSSR count). The smallest absolute Gasteiger partial charge is 0.274 e. The highest BCUT2D eigenvalue weighted by atomic mass is 19.2. The van der Waals surface area contributed by atoms with Crippen LogP contribution in [0.4, 0.5) is 26.1 Å². The van der Waals surface area contributed by atoms with Crippen LogP contribution in [0.25, 0.3) is 0 Å². The van der Waals surface area contributed by atoms with Gasteiger partial charge in [-0.3, -0.25) is 4.79 Å². The highest BCUT2D eigenvalue weighted by molar-refractivity contribution is 6.03. The maximum Gasteiger partial charge on any atom is 0.274 e. The lowest BCUT2D eigenvalue weighted by molar-refractivity contribution is 0.102. The van der Waals surface area contributed by atoms with Crippen molar-refractivity contribution in [2.24, 2.45) is 0 Å². The summed E-state index contributed by atoms with van der Waals surface area (Å²) in [5.74, 6) is -2.10. The molecule has 0 saturated carbocycles. The van der Waals surface area contributed by atoms with Crippen molar-refractivity contribution in [1.82, 2.24) is 9.97 Å². The Bertz CT molecular complexity index is 1020. The van der Waals surface area contributed by atoms with E-state index in [0.717, 1.165) is 24.2 Å². The molecule has 0 bridgehead atoms. The highest BCUT2D eigenvalue weighted by Gasteiger charge is 2.29. The van der Waals surface area contributed by atoms with Gasteiger partial charge in [0.1, 0.15) is 5.69 Å². The molecule has 1 aromatic heterocycles. The van der Waals surface area contributed by atoms with Gasteiger partial charge in [0.05, 0.1) is 0 Å². The van der Waals surface area contributed by atoms with Gasteiger partial charge in [-0.1, -0.05) is 18.2 Å². The molecule has 1 aliphatic heterocycles. The molecule has 2 heterocycles. The molecule has 0 spiro atoms. The van der Waals surface area contributed by atoms with Gasteiger partial charge >= 0.3 is 0 Å². The lowest BCUT2D eigenvalue weighted by Crippen LogP contribution is -2.26. The number of aromatic nitrogens is 2. The molecule has 7 heteroatoms. The number of benzene rings is 2. The maximum atomic E-state index is 13.3. The summed E-state index contributed by atoms with van der Waals surface area (Å²) in [7, 11) is 0. The fourth-order valence-electron chi connectivity index (χ4n) is 3.23. The molecule has 0 aliphatic carbocycles. The minimum atomic E-state index is -1.03. The van der Waals surface area contributed by atoms with Gasteiger partial charge in [-0.05, 0) is 43.2 Å². The van der Waals surface area contributed by atoms with Gasteiger partial charge in [-0.2, -0.15) is 0 Å². The van der Waals surface area contributed by atoms with Gasteiger partial charge < -0.3 is 10.2 Å². The van der Waals surface area contributed by atoms with E-state index in [1.165, 1.54) is 23.9 Å². The van der Waals surface area contributed by atoms with E-state index >= 15 is 0 Å². The van der Waals surface area contributed by atoms with Crippen molar-refractivity contribution in [3.05, 3.63) is 77.6 Å². The summed E-state index contributed by atoms with van der Waals surface area (Å²) in [6.45, 7) is 2.07. The van der Waals surface area contributed by atoms with Gasteiger partial charge in [-0.25, -0.2) is 18.7 Å². The summed E-state index contributed by atoms with van der Waals surface area (Å²) in [5, 5.41) is 2.52. The van der Waals surface area contributed by atoms with Gasteiger partial charge in [-0.15, -0.1) is 0 Å². The SMILES string of the molecule is CC1Cc2ccccc2N1c1nccc(C(=O)Nc2ccc(F)c(F)c2)n1. The molecule has 3 aromatic rings. The first-order valence-corrected chi connectivity index (χ1v) is 8.49. The van der Waals surface area contributed by atoms with E-state index in [1.807, 2.05) is 23.1 Å². The first kappa shape index (κ1) is 17.1. The predicted molar refractivity (Wildman–Crippen MR) is 98.1 cm³/mol. The van der Waals surface area contributed by atoms with Crippen LogP contribution in [0.15, 0.2) is 54.7 Å². The van der Waals surface area contributed by atoms with E-state index in [9.17, 15) is 13.6 Å². The zero-order chi connectivity index (χ0) is 19.0. The molecule has 1 N–H and O–H groups in total. The lowest BCUT2D eigenvalue weighted by atomic mass is 10.1. The van der Waals surface area contributed by atoms with Crippen LogP contribution in [-0.2, 0) is 6.42 Å². The average molecular weight is 366 g/mol. The molecule has 1 atom stereocenters. The zero-order valence-electron chi connectivity index (χ0n) is 14.5. The standard InChI is InChI=1S/C20H16F2N4O/c1-12-10-13-4-2-3-5-18(13)26(12)20-23-9-8-17(25-20)19(27)24-14-6-7-15(21)16(22)11-14/h2-9,11-12H,10H2,1H3,(H,24,27). The molecule has 1 aliphatic rings. The van der Waals surface area contributed by atoms with Crippen molar-refractivity contribution < 1.29 is 13.6 Å². The van der Waals surface area contributed by atoms with E-state index < -0.39 is 17.5 Å². The Morgan fingerprint density at radius 1 is 1.15 bits per heavy atom. The Morgan fingerprint density at radius 3 is 2.78 bits per heavy atom. The Balaban J connectivity index is 1.61. The third-order valence-electron chi connectivity index (χ3n) is 4.48. The number of carbonyl (C=O) groups excluding carboxylic acids is 1. The van der Waals surface area contributed by atoms with Crippen LogP contribution in [-0.4, -0.2) is 21.9 Å². The van der Waals surface area contributed by atoms with Crippen LogP contribution in [0.5, 0.6) is 0 Å². The molecule has 0 saturated heterocycles. The van der Waals surface area contributed by atoms with Crippen LogP contribution in [0.1, 0.15) is 23.0 Å². The van der Waals surface area contributed by atoms with E-state index in [2.05, 4.69) is 28.3 Å². The fourth-order valence-corrected chi connectivity index (χ4v) is 3.23. The lowest BCUT2D eigenvalue weighted by Gasteiger charge is -2.22. The summed E-state index contributed by atoms with van der Waals surface area (Å²) in [6.07, 6.45) is 2.38. The number of para-hydroxylation sites is 1. The van der Waals surface area contributed by atoms with Crippen LogP contribution < -0.4 is 10.2 Å². The number of nitrogens with one attached hydrogen (secondary N) is 1. The minimum absolute atomic E-state index is 0.140. The third kappa shape index (κ3) is 3.23. The second kappa shape index (κ2) is 6.75. The number of hydrogen-bond donors (Lipinski definition) is 1. The molecule has 0 radical (unpaired) electrons. The first-order valence-electron chi connectivity index (χ1n) is 8.49. The molecule has 5 nitrogen and oxygen atoms in total. The zero-order valence-corrected chi connectivity index (χ0v) is 14.5. The molecular formula is C20H16F2N4O. The number of rotatable bonds is 3. The third-order valence-corrected chi connectivity index (χ3v) is 4.48. The Kier molecular flexibility index (Phi) is 4.27. The van der Waals surface area contributed by atoms with Crippen molar-refractivity contribution >= 4 is 23.2 Å². The number of amides is 1. The Morgan fingerprint density at radius 2 is 1.96 bits per heavy atom. The number of fused-ring (bicyclic) bond motifs is 1. The van der Waals surface area contributed by atoms with Crippen molar-refractivity contribution in [2.75, 3.05) is 10.2 Å². The minimum Gasteiger partial charge on any atom is -0.321 e. The number of anilines is 3. The van der Waals surface area contributed by atoms with Crippen LogP contribution in [0, 0.1) is 11.6 Å². The summed E-state index contributed by atoms with van der Waals surface area (Å²) >= 11 is 0. The van der Waals surface area contributed by atoms with Crippen LogP contribution >= 0.6 is 0 Å². The fraction of sp³-hybridized carbons (Fsp3) is 0.150. The summed E-state index contributed by atoms with van der Waals surface area (Å²) in [5.41, 5.74) is 2.51. The number of carbonyl (C=O) groups is 1. The van der Waals surface area contributed by atoms with Gasteiger partial charge in [0.15, 0.2) is 11.6 Å². The molecule has 1 unspecified atom stereocenters. The Labute approximate surface area is 154 Å². The van der Waals surface area contributed by atoms with Crippen molar-refractivity contribution in [3.8, 4) is 0 Å². The van der Waals surface area contributed by atoms with Gasteiger partial charge in [0, 0.05) is 29.7 Å². The summed E-state index contributed by atoms with van der Waals surface area (Å²) in [6, 6.07) is 12.8. The van der Waals surface area contributed by atoms with Crippen molar-refractivity contribution in [2.45, 2.75) is 19.4 Å². The molecule has 1 amide bonds. The molecular weight excluding hydrogens is 350 g/mol. The second-order valence-electron chi connectivity index (χ2n) is 6.38. The van der Waals surface area contributed by atoms with Gasteiger partial charge in [0.2, 0.25) is 5.95 Å². The molecule has 27 heavy (non-hydrogen) atoms. The monoisotopic (exact) mass is 366 g/mol. The quantitative estimate of drug-likeness (QED) is 0.759. The average Bonchev–Trinajstić information content (AvgIpc) is 3.00. The molecule has 2 aromatic carbocycles. The second-order valence-corrected chi connectivity index (χ2v) is 6.38. The number of nitrogens with zero attached hydrogens (tertiary/aromatic N) is 3. The van der Waals surface area contributed by atoms with Crippen LogP contribution in [0.2, 0.25) is 0 Å². The van der Waals surface area contributed by atoms with Crippen molar-refractivity contribution in [3.63, 3.8) is 0 Å². The predicted octanol–water partition coefficient (Wildman–Crippen LogP) is 4.09. The Hall–Kier alpha value is -3.35. The van der Waals surface area contributed by atoms with E-state index in [1.54, 1.807) is 0 Å². The van der Waals surface area contributed by atoms with E-state index in [0.29, 0.717) is 5.95 Å². The summed E-state index contributed by atoms with van der Waals surface area (Å²) < 4.78 is 26.4. The topological polar surface area (TPSA) is 58.1 Å². The van der Waals surface area contributed by atoms with Crippen LogP contribution in [0.3, 0.4) is 0 Å². The number of hydrogen-bond acceptors (Lipinski definition) is 4. The normalized spacial score (nSPS) is 15.5. The van der Waals surface area contributed by atoms with E-state index in [-0.39, 0.29) is 17.4 Å². The van der Waals surface area contributed by atoms with Gasteiger partial charge in [0.25, 0.3) is 5.91 Å². The summed E-state index contributed by atoms with van der Waals surface area (Å²) in [4.78, 5) is 23.1.